The Morgan fingerprint density at radius 2 is 2.06 bits per heavy atom. The summed E-state index contributed by atoms with van der Waals surface area (Å²) in [6.45, 7) is 0.824. The maximum Gasteiger partial charge on any atom is 0.134 e. The van der Waals surface area contributed by atoms with Crippen molar-refractivity contribution in [1.82, 2.24) is 4.98 Å². The first-order chi connectivity index (χ1) is 8.43. The molecule has 0 amide bonds. The van der Waals surface area contributed by atoms with Gasteiger partial charge in [0, 0.05) is 18.1 Å². The molecule has 0 saturated carbocycles. The second kappa shape index (κ2) is 4.55. The number of hydrogen-bond acceptors (Lipinski definition) is 3. The van der Waals surface area contributed by atoms with Crippen LogP contribution in [0.2, 0.25) is 0 Å². The molecule has 2 heterocycles. The second-order valence-corrected chi connectivity index (χ2v) is 4.65. The lowest BCUT2D eigenvalue weighted by atomic mass is 10.1. The molecule has 1 aromatic carbocycles. The van der Waals surface area contributed by atoms with E-state index >= 15 is 0 Å². The predicted molar refractivity (Wildman–Crippen MR) is 73.4 cm³/mol. The molecule has 0 aliphatic rings. The zero-order valence-corrected chi connectivity index (χ0v) is 10.1. The molecule has 1 N–H and O–H groups in total. The molecule has 0 unspecified atom stereocenters. The van der Waals surface area contributed by atoms with Gasteiger partial charge >= 0.3 is 0 Å². The third-order valence-corrected chi connectivity index (χ3v) is 3.45. The van der Waals surface area contributed by atoms with Crippen molar-refractivity contribution in [2.24, 2.45) is 0 Å². The summed E-state index contributed by atoms with van der Waals surface area (Å²) in [6, 6.07) is 12.4. The van der Waals surface area contributed by atoms with Crippen LogP contribution in [0.1, 0.15) is 5.56 Å². The molecule has 84 valence electrons. The number of nitrogens with zero attached hydrogens (tertiary/aromatic N) is 1. The highest BCUT2D eigenvalue weighted by molar-refractivity contribution is 7.07. The average molecular weight is 240 g/mol. The van der Waals surface area contributed by atoms with Gasteiger partial charge in [-0.2, -0.15) is 11.3 Å². The van der Waals surface area contributed by atoms with Gasteiger partial charge in [-0.1, -0.05) is 24.3 Å². The second-order valence-electron chi connectivity index (χ2n) is 3.87. The van der Waals surface area contributed by atoms with E-state index in [9.17, 15) is 0 Å². The van der Waals surface area contributed by atoms with Gasteiger partial charge in [0.05, 0.1) is 0 Å². The first-order valence-corrected chi connectivity index (χ1v) is 6.46. The minimum absolute atomic E-state index is 0.824. The van der Waals surface area contributed by atoms with E-state index in [1.165, 1.54) is 16.3 Å². The van der Waals surface area contributed by atoms with Crippen LogP contribution in [-0.4, -0.2) is 4.98 Å². The minimum atomic E-state index is 0.824. The van der Waals surface area contributed by atoms with Gasteiger partial charge in [0.1, 0.15) is 5.82 Å². The van der Waals surface area contributed by atoms with Gasteiger partial charge in [-0.05, 0) is 33.8 Å². The highest BCUT2D eigenvalue weighted by Gasteiger charge is 2.01. The third kappa shape index (κ3) is 2.15. The largest absolute Gasteiger partial charge is 0.365 e. The zero-order valence-electron chi connectivity index (χ0n) is 9.26. The molecular formula is C14H12N2S. The molecule has 0 fully saturated rings. The van der Waals surface area contributed by atoms with E-state index in [1.807, 2.05) is 24.4 Å². The van der Waals surface area contributed by atoms with E-state index in [0.29, 0.717) is 0 Å². The minimum Gasteiger partial charge on any atom is -0.365 e. The molecule has 0 bridgehead atoms. The van der Waals surface area contributed by atoms with Gasteiger partial charge in [-0.3, -0.25) is 0 Å². The number of hydrogen-bond donors (Lipinski definition) is 1. The van der Waals surface area contributed by atoms with E-state index in [-0.39, 0.29) is 0 Å². The van der Waals surface area contributed by atoms with Gasteiger partial charge in [0.15, 0.2) is 0 Å². The monoisotopic (exact) mass is 240 g/mol. The molecule has 0 radical (unpaired) electrons. The Bertz CT molecular complexity index is 612. The average Bonchev–Trinajstić information content (AvgIpc) is 2.89. The molecule has 3 heteroatoms. The highest BCUT2D eigenvalue weighted by atomic mass is 32.1. The number of nitrogens with one attached hydrogen (secondary N) is 1. The fraction of sp³-hybridized carbons (Fsp3) is 0.0714. The van der Waals surface area contributed by atoms with Crippen LogP contribution < -0.4 is 5.32 Å². The smallest absolute Gasteiger partial charge is 0.134 e. The first-order valence-electron chi connectivity index (χ1n) is 5.52. The van der Waals surface area contributed by atoms with Gasteiger partial charge in [-0.15, -0.1) is 0 Å². The van der Waals surface area contributed by atoms with E-state index in [0.717, 1.165) is 12.4 Å². The number of aromatic nitrogens is 1. The molecular weight excluding hydrogens is 228 g/mol. The Kier molecular flexibility index (Phi) is 2.76. The fourth-order valence-electron chi connectivity index (χ4n) is 1.84. The lowest BCUT2D eigenvalue weighted by Gasteiger charge is -2.07. The number of fused-ring (bicyclic) bond motifs is 1. The molecule has 2 aromatic heterocycles. The summed E-state index contributed by atoms with van der Waals surface area (Å²) >= 11 is 1.72. The first kappa shape index (κ1) is 10.3. The third-order valence-electron chi connectivity index (χ3n) is 2.71. The molecule has 0 atom stereocenters. The van der Waals surface area contributed by atoms with Crippen LogP contribution in [0.5, 0.6) is 0 Å². The van der Waals surface area contributed by atoms with Crippen LogP contribution in [0.3, 0.4) is 0 Å². The van der Waals surface area contributed by atoms with Crippen LogP contribution in [0.15, 0.2) is 53.4 Å². The standard InChI is InChI=1S/C14H12N2S/c1-2-4-13-12(3-1)5-7-15-14(13)16-9-11-6-8-17-10-11/h1-8,10H,9H2,(H,15,16). The van der Waals surface area contributed by atoms with Gasteiger partial charge in [0.25, 0.3) is 0 Å². The van der Waals surface area contributed by atoms with Crippen LogP contribution in [0.4, 0.5) is 5.82 Å². The van der Waals surface area contributed by atoms with Crippen molar-refractivity contribution in [3.63, 3.8) is 0 Å². The van der Waals surface area contributed by atoms with Crippen molar-refractivity contribution in [1.29, 1.82) is 0 Å². The number of thiophene rings is 1. The van der Waals surface area contributed by atoms with Gasteiger partial charge in [-0.25, -0.2) is 4.98 Å². The van der Waals surface area contributed by atoms with Gasteiger partial charge < -0.3 is 5.32 Å². The molecule has 0 spiro atoms. The maximum absolute atomic E-state index is 4.40. The van der Waals surface area contributed by atoms with Crippen LogP contribution >= 0.6 is 11.3 Å². The Hall–Kier alpha value is -1.87. The summed E-state index contributed by atoms with van der Waals surface area (Å²) in [5.41, 5.74) is 1.30. The molecule has 17 heavy (non-hydrogen) atoms. The lowest BCUT2D eigenvalue weighted by Crippen LogP contribution is -2.00. The number of rotatable bonds is 3. The Labute approximate surface area is 104 Å². The van der Waals surface area contributed by atoms with E-state index in [2.05, 4.69) is 39.3 Å². The van der Waals surface area contributed by atoms with E-state index in [1.54, 1.807) is 11.3 Å². The van der Waals surface area contributed by atoms with E-state index in [4.69, 9.17) is 0 Å². The molecule has 0 aliphatic heterocycles. The summed E-state index contributed by atoms with van der Waals surface area (Å²) in [5.74, 6) is 0.953. The van der Waals surface area contributed by atoms with Crippen LogP contribution in [0.25, 0.3) is 10.8 Å². The molecule has 0 saturated heterocycles. The summed E-state index contributed by atoms with van der Waals surface area (Å²) in [6.07, 6.45) is 1.85. The van der Waals surface area contributed by atoms with Crippen molar-refractivity contribution in [3.8, 4) is 0 Å². The number of pyridine rings is 1. The Balaban J connectivity index is 1.90. The van der Waals surface area contributed by atoms with Crippen LogP contribution in [0, 0.1) is 0 Å². The summed E-state index contributed by atoms with van der Waals surface area (Å²) in [7, 11) is 0. The predicted octanol–water partition coefficient (Wildman–Crippen LogP) is 3.91. The Morgan fingerprint density at radius 3 is 2.94 bits per heavy atom. The van der Waals surface area contributed by atoms with Crippen molar-refractivity contribution in [2.45, 2.75) is 6.54 Å². The van der Waals surface area contributed by atoms with Crippen molar-refractivity contribution >= 4 is 27.9 Å². The molecule has 0 aliphatic carbocycles. The maximum atomic E-state index is 4.40. The fourth-order valence-corrected chi connectivity index (χ4v) is 2.51. The molecule has 3 aromatic rings. The quantitative estimate of drug-likeness (QED) is 0.750. The summed E-state index contributed by atoms with van der Waals surface area (Å²) in [5, 5.41) is 10.0. The topological polar surface area (TPSA) is 24.9 Å². The number of anilines is 1. The SMILES string of the molecule is c1ccc2c(NCc3ccsc3)nccc2c1. The zero-order chi connectivity index (χ0) is 11.5. The van der Waals surface area contributed by atoms with E-state index < -0.39 is 0 Å². The van der Waals surface area contributed by atoms with Crippen molar-refractivity contribution < 1.29 is 0 Å². The van der Waals surface area contributed by atoms with Crippen molar-refractivity contribution in [2.75, 3.05) is 5.32 Å². The Morgan fingerprint density at radius 1 is 1.12 bits per heavy atom. The normalized spacial score (nSPS) is 10.6. The van der Waals surface area contributed by atoms with Crippen LogP contribution in [-0.2, 0) is 6.54 Å². The molecule has 3 rings (SSSR count). The van der Waals surface area contributed by atoms with Gasteiger partial charge in [0.2, 0.25) is 0 Å². The summed E-state index contributed by atoms with van der Waals surface area (Å²) in [4.78, 5) is 4.40. The highest BCUT2D eigenvalue weighted by Crippen LogP contribution is 2.21. The number of benzene rings is 1. The van der Waals surface area contributed by atoms with Crippen molar-refractivity contribution in [3.05, 3.63) is 58.9 Å². The lowest BCUT2D eigenvalue weighted by molar-refractivity contribution is 1.13. The summed E-state index contributed by atoms with van der Waals surface area (Å²) < 4.78 is 0. The molecule has 2 nitrogen and oxygen atoms in total.